The molecular formula is C30H27FN3O6P. The lowest BCUT2D eigenvalue weighted by atomic mass is 9.85. The van der Waals surface area contributed by atoms with Crippen molar-refractivity contribution in [1.29, 1.82) is 0 Å². The smallest absolute Gasteiger partial charge is 0.340 e. The van der Waals surface area contributed by atoms with Crippen LogP contribution in [0.4, 0.5) is 10.1 Å². The van der Waals surface area contributed by atoms with Crippen LogP contribution in [0, 0.1) is 12.7 Å². The summed E-state index contributed by atoms with van der Waals surface area (Å²) in [5.41, 5.74) is 7.44. The van der Waals surface area contributed by atoms with Crippen LogP contribution in [-0.4, -0.2) is 27.5 Å². The molecule has 4 aromatic rings. The summed E-state index contributed by atoms with van der Waals surface area (Å²) in [6.45, 7) is 2.02. The third kappa shape index (κ3) is 4.25. The summed E-state index contributed by atoms with van der Waals surface area (Å²) in [5.74, 6) is -1.01. The molecule has 3 aliphatic rings. The first-order valence-corrected chi connectivity index (χ1v) is 14.6. The number of benzene rings is 2. The average Bonchev–Trinajstić information content (AvgIpc) is 3.35. The van der Waals surface area contributed by atoms with Crippen LogP contribution in [0.3, 0.4) is 0 Å². The third-order valence-electron chi connectivity index (χ3n) is 8.30. The van der Waals surface area contributed by atoms with Gasteiger partial charge in [0.1, 0.15) is 12.4 Å². The van der Waals surface area contributed by atoms with Gasteiger partial charge < -0.3 is 24.0 Å². The van der Waals surface area contributed by atoms with Gasteiger partial charge in [-0.05, 0) is 66.6 Å². The Hall–Kier alpha value is -3.69. The number of cyclic esters (lactones) is 1. The number of carbonyl (C=O) groups is 1. The molecule has 0 bridgehead atoms. The average molecular weight is 576 g/mol. The van der Waals surface area contributed by atoms with Crippen LogP contribution in [0.1, 0.15) is 51.5 Å². The number of nitrogens with zero attached hydrogens (tertiary/aromatic N) is 2. The summed E-state index contributed by atoms with van der Waals surface area (Å²) in [6, 6.07) is 10.6. The summed E-state index contributed by atoms with van der Waals surface area (Å²) < 4.78 is 32.9. The highest BCUT2D eigenvalue weighted by atomic mass is 31.2. The Labute approximate surface area is 235 Å². The normalized spacial score (nSPS) is 17.6. The first kappa shape index (κ1) is 26.2. The van der Waals surface area contributed by atoms with Gasteiger partial charge in [-0.15, -0.1) is 0 Å². The third-order valence-corrected chi connectivity index (χ3v) is 9.04. The lowest BCUT2D eigenvalue weighted by Gasteiger charge is -2.26. The molecule has 41 heavy (non-hydrogen) atoms. The largest absolute Gasteiger partial charge is 0.458 e. The van der Waals surface area contributed by atoms with Gasteiger partial charge in [-0.2, -0.15) is 0 Å². The minimum atomic E-state index is -2.47. The summed E-state index contributed by atoms with van der Waals surface area (Å²) in [5, 5.41) is 4.02. The fourth-order valence-electron chi connectivity index (χ4n) is 6.17. The van der Waals surface area contributed by atoms with Crippen molar-refractivity contribution in [2.24, 2.45) is 0 Å². The topological polar surface area (TPSA) is 112 Å². The number of fused-ring (bicyclic) bond motifs is 5. The molecule has 2 aromatic heterocycles. The van der Waals surface area contributed by atoms with Crippen LogP contribution in [0.25, 0.3) is 22.3 Å². The van der Waals surface area contributed by atoms with Gasteiger partial charge in [0, 0.05) is 35.3 Å². The molecule has 4 heterocycles. The predicted octanol–water partition coefficient (Wildman–Crippen LogP) is 4.95. The van der Waals surface area contributed by atoms with Crippen molar-refractivity contribution in [3.05, 3.63) is 91.5 Å². The standard InChI is InChI=1S/C30H27FN3O6P/c1-15-18-4-3-5-19-21-12-34-25(27(21)33-24(26(18)19)11-23(15)31)10-20-22(29(34)35)14-38-30(36)28(20)40-41(37)39-13-16-6-8-17(32-2)9-7-16/h6-11,28,32,37H,3-5,12-14H2,1-2H3. The Morgan fingerprint density at radius 2 is 1.93 bits per heavy atom. The minimum absolute atomic E-state index is 0.0683. The van der Waals surface area contributed by atoms with E-state index in [0.717, 1.165) is 52.6 Å². The molecule has 0 spiro atoms. The Bertz CT molecular complexity index is 1810. The summed E-state index contributed by atoms with van der Waals surface area (Å²) >= 11 is 0. The maximum atomic E-state index is 14.8. The number of hydrogen-bond acceptors (Lipinski definition) is 8. The van der Waals surface area contributed by atoms with Crippen LogP contribution < -0.4 is 10.9 Å². The minimum Gasteiger partial charge on any atom is -0.458 e. The summed E-state index contributed by atoms with van der Waals surface area (Å²) in [6.07, 6.45) is 1.16. The number of nitrogens with one attached hydrogen (secondary N) is 1. The van der Waals surface area contributed by atoms with Crippen molar-refractivity contribution in [2.45, 2.75) is 52.0 Å². The number of anilines is 1. The van der Waals surface area contributed by atoms with Crippen molar-refractivity contribution in [1.82, 2.24) is 9.55 Å². The summed E-state index contributed by atoms with van der Waals surface area (Å²) in [4.78, 5) is 41.9. The molecule has 1 aliphatic carbocycles. The number of esters is 1. The van der Waals surface area contributed by atoms with Crippen LogP contribution in [0.5, 0.6) is 0 Å². The number of aromatic nitrogens is 2. The van der Waals surface area contributed by atoms with E-state index in [9.17, 15) is 18.9 Å². The lowest BCUT2D eigenvalue weighted by molar-refractivity contribution is -0.156. The van der Waals surface area contributed by atoms with Crippen molar-refractivity contribution in [3.63, 3.8) is 0 Å². The maximum absolute atomic E-state index is 14.8. The molecule has 2 unspecified atom stereocenters. The number of halogens is 1. The molecule has 0 fully saturated rings. The van der Waals surface area contributed by atoms with E-state index in [4.69, 9.17) is 18.8 Å². The molecule has 2 N–H and O–H groups in total. The molecule has 2 atom stereocenters. The van der Waals surface area contributed by atoms with E-state index >= 15 is 0 Å². The van der Waals surface area contributed by atoms with Crippen LogP contribution >= 0.6 is 8.60 Å². The second-order valence-corrected chi connectivity index (χ2v) is 11.5. The highest BCUT2D eigenvalue weighted by molar-refractivity contribution is 7.40. The molecule has 7 rings (SSSR count). The highest BCUT2D eigenvalue weighted by Crippen LogP contribution is 2.45. The lowest BCUT2D eigenvalue weighted by Crippen LogP contribution is -2.33. The number of rotatable bonds is 6. The Kier molecular flexibility index (Phi) is 6.39. The number of ether oxygens (including phenoxy) is 1. The van der Waals surface area contributed by atoms with E-state index in [1.165, 1.54) is 6.07 Å². The Morgan fingerprint density at radius 3 is 2.71 bits per heavy atom. The van der Waals surface area contributed by atoms with Crippen LogP contribution in [0.2, 0.25) is 0 Å². The molecule has 11 heteroatoms. The number of hydrogen-bond donors (Lipinski definition) is 2. The molecule has 0 saturated heterocycles. The highest BCUT2D eigenvalue weighted by Gasteiger charge is 2.38. The monoisotopic (exact) mass is 575 g/mol. The van der Waals surface area contributed by atoms with E-state index < -0.39 is 20.7 Å². The van der Waals surface area contributed by atoms with E-state index in [2.05, 4.69) is 5.32 Å². The molecule has 9 nitrogen and oxygen atoms in total. The Morgan fingerprint density at radius 1 is 1.15 bits per heavy atom. The van der Waals surface area contributed by atoms with Crippen molar-refractivity contribution >= 4 is 31.2 Å². The SMILES string of the molecule is CNc1ccc(COP(O)OC2C(=O)OCc3c2cc2n(c3=O)Cc3c-2nc2cc(F)c(C)c4c2c3CCC4)cc1. The molecule has 0 amide bonds. The van der Waals surface area contributed by atoms with Gasteiger partial charge in [-0.25, -0.2) is 14.2 Å². The van der Waals surface area contributed by atoms with E-state index in [0.29, 0.717) is 34.6 Å². The molecule has 210 valence electrons. The van der Waals surface area contributed by atoms with Gasteiger partial charge in [0.05, 0.1) is 35.6 Å². The fraction of sp³-hybridized carbons (Fsp3) is 0.300. The molecule has 0 radical (unpaired) electrons. The predicted molar refractivity (Wildman–Crippen MR) is 151 cm³/mol. The number of pyridine rings is 2. The van der Waals surface area contributed by atoms with Crippen LogP contribution in [-0.2, 0) is 51.2 Å². The zero-order valence-corrected chi connectivity index (χ0v) is 23.4. The fourth-order valence-corrected chi connectivity index (χ4v) is 6.87. The Balaban J connectivity index is 1.24. The van der Waals surface area contributed by atoms with E-state index in [1.807, 2.05) is 31.3 Å². The first-order chi connectivity index (χ1) is 19.8. The molecule has 0 saturated carbocycles. The van der Waals surface area contributed by atoms with Crippen LogP contribution in [0.15, 0.2) is 41.2 Å². The quantitative estimate of drug-likeness (QED) is 0.216. The summed E-state index contributed by atoms with van der Waals surface area (Å²) in [7, 11) is -0.657. The van der Waals surface area contributed by atoms with Gasteiger partial charge in [0.25, 0.3) is 5.56 Å². The van der Waals surface area contributed by atoms with E-state index in [1.54, 1.807) is 17.6 Å². The van der Waals surface area contributed by atoms with Crippen molar-refractivity contribution in [2.75, 3.05) is 12.4 Å². The first-order valence-electron chi connectivity index (χ1n) is 13.5. The second-order valence-electron chi connectivity index (χ2n) is 10.5. The molecular weight excluding hydrogens is 548 g/mol. The maximum Gasteiger partial charge on any atom is 0.340 e. The van der Waals surface area contributed by atoms with Crippen molar-refractivity contribution < 1.29 is 27.9 Å². The zero-order valence-electron chi connectivity index (χ0n) is 22.5. The number of carbonyl (C=O) groups excluding carboxylic acids is 1. The van der Waals surface area contributed by atoms with Crippen molar-refractivity contribution in [3.8, 4) is 11.4 Å². The van der Waals surface area contributed by atoms with Gasteiger partial charge in [-0.1, -0.05) is 12.1 Å². The molecule has 2 aromatic carbocycles. The zero-order chi connectivity index (χ0) is 28.4. The van der Waals surface area contributed by atoms with Gasteiger partial charge in [0.15, 0.2) is 6.10 Å². The molecule has 2 aliphatic heterocycles. The van der Waals surface area contributed by atoms with E-state index in [-0.39, 0.29) is 30.2 Å². The van der Waals surface area contributed by atoms with Gasteiger partial charge in [0.2, 0.25) is 0 Å². The second kappa shape index (κ2) is 9.99. The van der Waals surface area contributed by atoms with Gasteiger partial charge >= 0.3 is 14.6 Å². The number of aryl methyl sites for hydroxylation is 2. The van der Waals surface area contributed by atoms with Gasteiger partial charge in [-0.3, -0.25) is 9.32 Å².